The minimum absolute atomic E-state index is 0.251. The summed E-state index contributed by atoms with van der Waals surface area (Å²) in [5.41, 5.74) is 7.63. The summed E-state index contributed by atoms with van der Waals surface area (Å²) in [6.45, 7) is 4.49. The number of thiazole rings is 1. The molecular weight excluding hydrogens is 306 g/mol. The molecule has 5 nitrogen and oxygen atoms in total. The van der Waals surface area contributed by atoms with Gasteiger partial charge in [0.25, 0.3) is 0 Å². The van der Waals surface area contributed by atoms with Gasteiger partial charge in [-0.15, -0.1) is 11.3 Å². The molecule has 0 spiro atoms. The molecule has 2 aromatic rings. The van der Waals surface area contributed by atoms with Crippen LogP contribution in [0.1, 0.15) is 27.9 Å². The highest BCUT2D eigenvalue weighted by molar-refractivity contribution is 7.89. The number of nitrogens with one attached hydrogen (secondary N) is 1. The van der Waals surface area contributed by atoms with Gasteiger partial charge in [0.15, 0.2) is 0 Å². The third kappa shape index (κ3) is 3.88. The van der Waals surface area contributed by atoms with Crippen molar-refractivity contribution in [3.05, 3.63) is 45.4 Å². The molecule has 1 heterocycles. The Morgan fingerprint density at radius 3 is 2.67 bits per heavy atom. The van der Waals surface area contributed by atoms with Gasteiger partial charge in [-0.25, -0.2) is 18.1 Å². The van der Waals surface area contributed by atoms with E-state index in [1.165, 1.54) is 11.3 Å². The summed E-state index contributed by atoms with van der Waals surface area (Å²) in [5.74, 6) is 0. The zero-order valence-electron chi connectivity index (χ0n) is 12.1. The number of rotatable bonds is 6. The molecule has 114 valence electrons. The quantitative estimate of drug-likeness (QED) is 0.850. The normalized spacial score (nSPS) is 11.8. The van der Waals surface area contributed by atoms with E-state index in [0.29, 0.717) is 6.54 Å². The van der Waals surface area contributed by atoms with Crippen LogP contribution in [0.3, 0.4) is 0 Å². The Labute approximate surface area is 129 Å². The molecule has 1 aromatic carbocycles. The number of benzene rings is 1. The average molecular weight is 325 g/mol. The second-order valence-corrected chi connectivity index (χ2v) is 7.74. The molecule has 0 saturated heterocycles. The standard InChI is InChI=1S/C14H19N3O2S2/c1-3-11-4-5-14(6-12(11)7-15)21(18,19)17-9-13-8-16-10(2)20-13/h4-6,8,17H,3,7,9,15H2,1-2H3. The molecule has 0 amide bonds. The summed E-state index contributed by atoms with van der Waals surface area (Å²) in [5, 5.41) is 0.918. The maximum Gasteiger partial charge on any atom is 0.240 e. The number of aromatic nitrogens is 1. The molecule has 0 bridgehead atoms. The Kier molecular flexibility index (Phi) is 5.10. The van der Waals surface area contributed by atoms with Gasteiger partial charge in [-0.1, -0.05) is 13.0 Å². The van der Waals surface area contributed by atoms with E-state index in [2.05, 4.69) is 9.71 Å². The van der Waals surface area contributed by atoms with Gasteiger partial charge in [-0.05, 0) is 36.6 Å². The van der Waals surface area contributed by atoms with Gasteiger partial charge in [0, 0.05) is 24.2 Å². The Morgan fingerprint density at radius 2 is 2.10 bits per heavy atom. The first-order valence-corrected chi connectivity index (χ1v) is 8.99. The van der Waals surface area contributed by atoms with E-state index in [1.54, 1.807) is 18.3 Å². The van der Waals surface area contributed by atoms with Crippen LogP contribution in [0.5, 0.6) is 0 Å². The van der Waals surface area contributed by atoms with Crippen LogP contribution in [-0.2, 0) is 29.5 Å². The minimum Gasteiger partial charge on any atom is -0.326 e. The lowest BCUT2D eigenvalue weighted by molar-refractivity contribution is 0.581. The lowest BCUT2D eigenvalue weighted by Gasteiger charge is -2.10. The second kappa shape index (κ2) is 6.65. The molecule has 7 heteroatoms. The van der Waals surface area contributed by atoms with Crippen molar-refractivity contribution < 1.29 is 8.42 Å². The van der Waals surface area contributed by atoms with Crippen LogP contribution in [0.4, 0.5) is 0 Å². The van der Waals surface area contributed by atoms with Crippen LogP contribution < -0.4 is 10.5 Å². The molecular formula is C14H19N3O2S2. The first kappa shape index (κ1) is 16.1. The van der Waals surface area contributed by atoms with Crippen molar-refractivity contribution in [3.8, 4) is 0 Å². The van der Waals surface area contributed by atoms with Crippen LogP contribution in [0.2, 0.25) is 0 Å². The van der Waals surface area contributed by atoms with Crippen molar-refractivity contribution in [2.75, 3.05) is 0 Å². The number of nitrogens with zero attached hydrogens (tertiary/aromatic N) is 1. The molecule has 0 aliphatic heterocycles. The van der Waals surface area contributed by atoms with Crippen LogP contribution >= 0.6 is 11.3 Å². The monoisotopic (exact) mass is 325 g/mol. The van der Waals surface area contributed by atoms with Crippen molar-refractivity contribution in [3.63, 3.8) is 0 Å². The molecule has 0 radical (unpaired) electrons. The smallest absolute Gasteiger partial charge is 0.240 e. The van der Waals surface area contributed by atoms with Gasteiger partial charge in [0.1, 0.15) is 0 Å². The largest absolute Gasteiger partial charge is 0.326 e. The fourth-order valence-electron chi connectivity index (χ4n) is 2.04. The summed E-state index contributed by atoms with van der Waals surface area (Å²) in [4.78, 5) is 5.25. The summed E-state index contributed by atoms with van der Waals surface area (Å²) in [6, 6.07) is 5.10. The highest BCUT2D eigenvalue weighted by Gasteiger charge is 2.15. The zero-order valence-corrected chi connectivity index (χ0v) is 13.7. The number of hydrogen-bond donors (Lipinski definition) is 2. The fraction of sp³-hybridized carbons (Fsp3) is 0.357. The second-order valence-electron chi connectivity index (χ2n) is 4.66. The van der Waals surface area contributed by atoms with Crippen molar-refractivity contribution in [2.45, 2.75) is 38.3 Å². The number of aryl methyl sites for hydroxylation is 2. The van der Waals surface area contributed by atoms with E-state index in [9.17, 15) is 8.42 Å². The van der Waals surface area contributed by atoms with Crippen molar-refractivity contribution in [1.82, 2.24) is 9.71 Å². The summed E-state index contributed by atoms with van der Waals surface area (Å²) in [6.07, 6.45) is 2.52. The highest BCUT2D eigenvalue weighted by atomic mass is 32.2. The summed E-state index contributed by atoms with van der Waals surface area (Å²) < 4.78 is 27.2. The van der Waals surface area contributed by atoms with Crippen molar-refractivity contribution in [2.24, 2.45) is 5.73 Å². The van der Waals surface area contributed by atoms with Gasteiger partial charge in [-0.2, -0.15) is 0 Å². The fourth-order valence-corrected chi connectivity index (χ4v) is 3.92. The molecule has 0 aliphatic carbocycles. The van der Waals surface area contributed by atoms with Gasteiger partial charge < -0.3 is 5.73 Å². The lowest BCUT2D eigenvalue weighted by Crippen LogP contribution is -2.23. The molecule has 3 N–H and O–H groups in total. The van der Waals surface area contributed by atoms with Crippen LogP contribution in [0, 0.1) is 6.92 Å². The minimum atomic E-state index is -3.53. The molecule has 21 heavy (non-hydrogen) atoms. The molecule has 0 aliphatic rings. The Balaban J connectivity index is 2.19. The van der Waals surface area contributed by atoms with Crippen LogP contribution in [0.25, 0.3) is 0 Å². The van der Waals surface area contributed by atoms with Gasteiger partial charge in [-0.3, -0.25) is 0 Å². The van der Waals surface area contributed by atoms with E-state index in [1.807, 2.05) is 19.9 Å². The maximum atomic E-state index is 12.3. The number of sulfonamides is 1. The van der Waals surface area contributed by atoms with Gasteiger partial charge in [0.05, 0.1) is 9.90 Å². The number of nitrogens with two attached hydrogens (primary N) is 1. The van der Waals surface area contributed by atoms with Crippen LogP contribution in [0.15, 0.2) is 29.3 Å². The topological polar surface area (TPSA) is 85.1 Å². The first-order chi connectivity index (χ1) is 9.96. The van der Waals surface area contributed by atoms with Gasteiger partial charge >= 0.3 is 0 Å². The lowest BCUT2D eigenvalue weighted by atomic mass is 10.1. The first-order valence-electron chi connectivity index (χ1n) is 6.69. The Bertz CT molecular complexity index is 724. The maximum absolute atomic E-state index is 12.3. The molecule has 2 rings (SSSR count). The zero-order chi connectivity index (χ0) is 15.5. The third-order valence-corrected chi connectivity index (χ3v) is 5.51. The van der Waals surface area contributed by atoms with E-state index >= 15 is 0 Å². The third-order valence-electron chi connectivity index (χ3n) is 3.19. The Hall–Kier alpha value is -1.28. The van der Waals surface area contributed by atoms with Crippen LogP contribution in [-0.4, -0.2) is 13.4 Å². The predicted molar refractivity (Wildman–Crippen MR) is 84.6 cm³/mol. The van der Waals surface area contributed by atoms with E-state index in [-0.39, 0.29) is 11.4 Å². The predicted octanol–water partition coefficient (Wildman–Crippen LogP) is 1.95. The van der Waals surface area contributed by atoms with Crippen molar-refractivity contribution in [1.29, 1.82) is 0 Å². The molecule has 0 unspecified atom stereocenters. The molecule has 1 aromatic heterocycles. The molecule has 0 saturated carbocycles. The van der Waals surface area contributed by atoms with Gasteiger partial charge in [0.2, 0.25) is 10.0 Å². The van der Waals surface area contributed by atoms with E-state index in [4.69, 9.17) is 5.73 Å². The SMILES string of the molecule is CCc1ccc(S(=O)(=O)NCc2cnc(C)s2)cc1CN. The van der Waals surface area contributed by atoms with E-state index in [0.717, 1.165) is 27.4 Å². The number of hydrogen-bond acceptors (Lipinski definition) is 5. The molecule has 0 atom stereocenters. The molecule has 0 fully saturated rings. The van der Waals surface area contributed by atoms with Crippen molar-refractivity contribution >= 4 is 21.4 Å². The average Bonchev–Trinajstić information content (AvgIpc) is 2.90. The summed E-state index contributed by atoms with van der Waals surface area (Å²) >= 11 is 1.48. The van der Waals surface area contributed by atoms with E-state index < -0.39 is 10.0 Å². The summed E-state index contributed by atoms with van der Waals surface area (Å²) in [7, 11) is -3.53. The highest BCUT2D eigenvalue weighted by Crippen LogP contribution is 2.18. The Morgan fingerprint density at radius 1 is 1.33 bits per heavy atom.